The maximum Gasteiger partial charge on any atom is 0.185 e. The zero-order chi connectivity index (χ0) is 12.4. The molecule has 1 saturated heterocycles. The second-order valence-electron chi connectivity index (χ2n) is 5.14. The molecule has 1 saturated carbocycles. The molecule has 2 heterocycles. The number of anilines is 1. The molecule has 0 atom stereocenters. The fourth-order valence-corrected chi connectivity index (χ4v) is 3.42. The van der Waals surface area contributed by atoms with Crippen LogP contribution in [-0.4, -0.2) is 48.6 Å². The first-order valence-corrected chi connectivity index (χ1v) is 7.83. The lowest BCUT2D eigenvalue weighted by Gasteiger charge is -2.34. The van der Waals surface area contributed by atoms with E-state index in [0.717, 1.165) is 32.2 Å². The van der Waals surface area contributed by atoms with Crippen LogP contribution in [0.5, 0.6) is 0 Å². The highest BCUT2D eigenvalue weighted by Crippen LogP contribution is 2.29. The summed E-state index contributed by atoms with van der Waals surface area (Å²) in [4.78, 5) is 11.0. The predicted octanol–water partition coefficient (Wildman–Crippen LogP) is 1.54. The molecule has 100 valence electrons. The Hall–Kier alpha value is -0.650. The van der Waals surface area contributed by atoms with Gasteiger partial charge in [0, 0.05) is 49.8 Å². The van der Waals surface area contributed by atoms with E-state index in [1.807, 2.05) is 17.5 Å². The minimum atomic E-state index is 0.910. The Labute approximate surface area is 113 Å². The molecule has 1 aliphatic heterocycles. The van der Waals surface area contributed by atoms with Crippen LogP contribution in [0.25, 0.3) is 0 Å². The molecular formula is C13H22N4S. The lowest BCUT2D eigenvalue weighted by atomic mass is 10.3. The summed E-state index contributed by atoms with van der Waals surface area (Å²) in [6.45, 7) is 8.83. The molecule has 0 bridgehead atoms. The minimum absolute atomic E-state index is 0.910. The van der Waals surface area contributed by atoms with Crippen molar-refractivity contribution in [2.75, 3.05) is 37.6 Å². The highest BCUT2D eigenvalue weighted by Gasteiger charge is 2.31. The van der Waals surface area contributed by atoms with Gasteiger partial charge in [0.1, 0.15) is 0 Å². The Morgan fingerprint density at radius 1 is 1.33 bits per heavy atom. The molecule has 0 spiro atoms. The maximum absolute atomic E-state index is 4.56. The molecule has 5 heteroatoms. The van der Waals surface area contributed by atoms with E-state index in [9.17, 15) is 0 Å². The van der Waals surface area contributed by atoms with Gasteiger partial charge in [-0.05, 0) is 19.4 Å². The standard InChI is InChI=1S/C13H22N4S/c1-2-14-9-12-10-15-13(18-12)17-7-5-16(6-8-17)11-3-4-11/h10-11,14H,2-9H2,1H3. The van der Waals surface area contributed by atoms with Gasteiger partial charge in [0.05, 0.1) is 0 Å². The number of nitrogens with one attached hydrogen (secondary N) is 1. The summed E-state index contributed by atoms with van der Waals surface area (Å²) in [6, 6.07) is 0.910. The molecule has 2 aliphatic rings. The van der Waals surface area contributed by atoms with Crippen molar-refractivity contribution in [3.8, 4) is 0 Å². The summed E-state index contributed by atoms with van der Waals surface area (Å²) in [5.41, 5.74) is 0. The fourth-order valence-electron chi connectivity index (χ4n) is 2.49. The third kappa shape index (κ3) is 2.84. The molecule has 18 heavy (non-hydrogen) atoms. The minimum Gasteiger partial charge on any atom is -0.346 e. The quantitative estimate of drug-likeness (QED) is 0.876. The van der Waals surface area contributed by atoms with E-state index in [4.69, 9.17) is 0 Å². The van der Waals surface area contributed by atoms with E-state index in [-0.39, 0.29) is 0 Å². The zero-order valence-electron chi connectivity index (χ0n) is 11.1. The Kier molecular flexibility index (Phi) is 3.82. The van der Waals surface area contributed by atoms with E-state index in [1.165, 1.54) is 35.9 Å². The first-order chi connectivity index (χ1) is 8.86. The van der Waals surface area contributed by atoms with Crippen LogP contribution >= 0.6 is 11.3 Å². The number of nitrogens with zero attached hydrogens (tertiary/aromatic N) is 3. The van der Waals surface area contributed by atoms with Gasteiger partial charge in [-0.1, -0.05) is 6.92 Å². The summed E-state index contributed by atoms with van der Waals surface area (Å²) < 4.78 is 0. The van der Waals surface area contributed by atoms with E-state index in [2.05, 4.69) is 27.0 Å². The smallest absolute Gasteiger partial charge is 0.185 e. The summed E-state index contributed by atoms with van der Waals surface area (Å²) in [6.07, 6.45) is 4.87. The topological polar surface area (TPSA) is 31.4 Å². The van der Waals surface area contributed by atoms with Crippen LogP contribution in [0.3, 0.4) is 0 Å². The molecule has 1 N–H and O–H groups in total. The molecule has 1 aromatic rings. The van der Waals surface area contributed by atoms with Gasteiger partial charge in [-0.25, -0.2) is 4.98 Å². The van der Waals surface area contributed by atoms with Crippen molar-refractivity contribution in [1.29, 1.82) is 0 Å². The predicted molar refractivity (Wildman–Crippen MR) is 76.3 cm³/mol. The second kappa shape index (κ2) is 5.55. The molecule has 3 rings (SSSR count). The molecule has 0 radical (unpaired) electrons. The number of hydrogen-bond acceptors (Lipinski definition) is 5. The van der Waals surface area contributed by atoms with E-state index in [0.29, 0.717) is 0 Å². The summed E-state index contributed by atoms with van der Waals surface area (Å²) in [5.74, 6) is 0. The van der Waals surface area contributed by atoms with Crippen LogP contribution in [-0.2, 0) is 6.54 Å². The monoisotopic (exact) mass is 266 g/mol. The second-order valence-corrected chi connectivity index (χ2v) is 6.24. The molecule has 0 aromatic carbocycles. The van der Waals surface area contributed by atoms with Crippen LogP contribution in [0.4, 0.5) is 5.13 Å². The van der Waals surface area contributed by atoms with Crippen molar-refractivity contribution in [3.63, 3.8) is 0 Å². The molecule has 1 aliphatic carbocycles. The number of aromatic nitrogens is 1. The van der Waals surface area contributed by atoms with Gasteiger partial charge < -0.3 is 10.2 Å². The van der Waals surface area contributed by atoms with Crippen molar-refractivity contribution in [3.05, 3.63) is 11.1 Å². The van der Waals surface area contributed by atoms with Crippen LogP contribution in [0.2, 0.25) is 0 Å². The SMILES string of the molecule is CCNCc1cnc(N2CCN(C3CC3)CC2)s1. The van der Waals surface area contributed by atoms with Crippen LogP contribution in [0, 0.1) is 0 Å². The molecule has 0 amide bonds. The normalized spacial score (nSPS) is 21.5. The first-order valence-electron chi connectivity index (χ1n) is 7.01. The highest BCUT2D eigenvalue weighted by molar-refractivity contribution is 7.15. The van der Waals surface area contributed by atoms with Gasteiger partial charge >= 0.3 is 0 Å². The lowest BCUT2D eigenvalue weighted by molar-refractivity contribution is 0.248. The number of thiazole rings is 1. The lowest BCUT2D eigenvalue weighted by Crippen LogP contribution is -2.47. The van der Waals surface area contributed by atoms with Crippen LogP contribution < -0.4 is 10.2 Å². The Bertz CT molecular complexity index is 380. The summed E-state index contributed by atoms with van der Waals surface area (Å²) in [7, 11) is 0. The number of rotatable bonds is 5. The van der Waals surface area contributed by atoms with Gasteiger partial charge in [-0.3, -0.25) is 4.90 Å². The molecule has 2 fully saturated rings. The van der Waals surface area contributed by atoms with Crippen molar-refractivity contribution in [1.82, 2.24) is 15.2 Å². The molecule has 1 aromatic heterocycles. The third-order valence-electron chi connectivity index (χ3n) is 3.74. The van der Waals surface area contributed by atoms with Crippen molar-refractivity contribution >= 4 is 16.5 Å². The van der Waals surface area contributed by atoms with Crippen molar-refractivity contribution < 1.29 is 0 Å². The summed E-state index contributed by atoms with van der Waals surface area (Å²) >= 11 is 1.84. The third-order valence-corrected chi connectivity index (χ3v) is 4.80. The van der Waals surface area contributed by atoms with Gasteiger partial charge in [0.15, 0.2) is 5.13 Å². The van der Waals surface area contributed by atoms with E-state index in [1.54, 1.807) is 0 Å². The Morgan fingerprint density at radius 2 is 2.11 bits per heavy atom. The summed E-state index contributed by atoms with van der Waals surface area (Å²) in [5, 5.41) is 4.56. The van der Waals surface area contributed by atoms with Crippen LogP contribution in [0.1, 0.15) is 24.6 Å². The molecular weight excluding hydrogens is 244 g/mol. The van der Waals surface area contributed by atoms with E-state index < -0.39 is 0 Å². The van der Waals surface area contributed by atoms with Crippen molar-refractivity contribution in [2.45, 2.75) is 32.4 Å². The van der Waals surface area contributed by atoms with Crippen molar-refractivity contribution in [2.24, 2.45) is 0 Å². The first kappa shape index (κ1) is 12.4. The number of hydrogen-bond donors (Lipinski definition) is 1. The Balaban J connectivity index is 1.53. The number of piperazine rings is 1. The van der Waals surface area contributed by atoms with Gasteiger partial charge in [0.2, 0.25) is 0 Å². The average Bonchev–Trinajstić information content (AvgIpc) is 3.16. The Morgan fingerprint density at radius 3 is 2.78 bits per heavy atom. The average molecular weight is 266 g/mol. The van der Waals surface area contributed by atoms with Crippen LogP contribution in [0.15, 0.2) is 6.20 Å². The highest BCUT2D eigenvalue weighted by atomic mass is 32.1. The fraction of sp³-hybridized carbons (Fsp3) is 0.769. The molecule has 0 unspecified atom stereocenters. The maximum atomic E-state index is 4.56. The zero-order valence-corrected chi connectivity index (χ0v) is 11.9. The van der Waals surface area contributed by atoms with Gasteiger partial charge in [0.25, 0.3) is 0 Å². The molecule has 4 nitrogen and oxygen atoms in total. The van der Waals surface area contributed by atoms with E-state index >= 15 is 0 Å². The van der Waals surface area contributed by atoms with Gasteiger partial charge in [-0.2, -0.15) is 0 Å². The largest absolute Gasteiger partial charge is 0.346 e. The van der Waals surface area contributed by atoms with Gasteiger partial charge in [-0.15, -0.1) is 11.3 Å².